The fraction of sp³-hybridized carbons (Fsp3) is 0.500. The summed E-state index contributed by atoms with van der Waals surface area (Å²) < 4.78 is 2.22. The first-order valence-corrected chi connectivity index (χ1v) is 8.37. The molecule has 0 radical (unpaired) electrons. The van der Waals surface area contributed by atoms with E-state index in [0.717, 1.165) is 38.2 Å². The SMILES string of the molecule is CN(C[C@@H]1CCn2ccnc2C1)C(=O)[C@H]1C[C@@H]1c1cccnc1. The molecule has 1 amide bonds. The molecule has 120 valence electrons. The molecule has 3 atom stereocenters. The van der Waals surface area contributed by atoms with Crippen LogP contribution in [0.15, 0.2) is 36.9 Å². The summed E-state index contributed by atoms with van der Waals surface area (Å²) in [5, 5.41) is 0. The molecule has 0 saturated heterocycles. The lowest BCUT2D eigenvalue weighted by molar-refractivity contribution is -0.132. The minimum Gasteiger partial charge on any atom is -0.345 e. The molecule has 0 N–H and O–H groups in total. The third-order valence-corrected chi connectivity index (χ3v) is 5.18. The summed E-state index contributed by atoms with van der Waals surface area (Å²) in [6, 6.07) is 4.02. The first-order valence-electron chi connectivity index (χ1n) is 8.37. The summed E-state index contributed by atoms with van der Waals surface area (Å²) in [5.41, 5.74) is 1.19. The van der Waals surface area contributed by atoms with Gasteiger partial charge in [-0.15, -0.1) is 0 Å². The van der Waals surface area contributed by atoms with Gasteiger partial charge in [0.1, 0.15) is 5.82 Å². The zero-order valence-corrected chi connectivity index (χ0v) is 13.4. The molecular weight excluding hydrogens is 288 g/mol. The topological polar surface area (TPSA) is 51.0 Å². The fourth-order valence-electron chi connectivity index (χ4n) is 3.76. The van der Waals surface area contributed by atoms with Crippen molar-refractivity contribution in [3.63, 3.8) is 0 Å². The maximum atomic E-state index is 12.6. The van der Waals surface area contributed by atoms with E-state index in [1.807, 2.05) is 36.6 Å². The highest BCUT2D eigenvalue weighted by Gasteiger charge is 2.45. The van der Waals surface area contributed by atoms with Gasteiger partial charge in [-0.25, -0.2) is 4.98 Å². The Morgan fingerprint density at radius 3 is 3.17 bits per heavy atom. The number of aromatic nitrogens is 3. The summed E-state index contributed by atoms with van der Waals surface area (Å²) in [7, 11) is 1.95. The van der Waals surface area contributed by atoms with Gasteiger partial charge in [-0.2, -0.15) is 0 Å². The number of aryl methyl sites for hydroxylation is 1. The predicted octanol–water partition coefficient (Wildman–Crippen LogP) is 2.10. The van der Waals surface area contributed by atoms with Gasteiger partial charge in [-0.1, -0.05) is 6.07 Å². The van der Waals surface area contributed by atoms with Crippen LogP contribution in [0.1, 0.15) is 30.1 Å². The Morgan fingerprint density at radius 2 is 2.35 bits per heavy atom. The van der Waals surface area contributed by atoms with E-state index < -0.39 is 0 Å². The Bertz CT molecular complexity index is 696. The number of carbonyl (C=O) groups is 1. The number of hydrogen-bond acceptors (Lipinski definition) is 3. The zero-order valence-electron chi connectivity index (χ0n) is 13.4. The van der Waals surface area contributed by atoms with Crippen molar-refractivity contribution < 1.29 is 4.79 Å². The molecule has 5 nitrogen and oxygen atoms in total. The van der Waals surface area contributed by atoms with Crippen LogP contribution in [0, 0.1) is 11.8 Å². The lowest BCUT2D eigenvalue weighted by Crippen LogP contribution is -2.36. The highest BCUT2D eigenvalue weighted by atomic mass is 16.2. The number of hydrogen-bond donors (Lipinski definition) is 0. The van der Waals surface area contributed by atoms with Gasteiger partial charge < -0.3 is 9.47 Å². The van der Waals surface area contributed by atoms with Crippen LogP contribution in [0.25, 0.3) is 0 Å². The first kappa shape index (κ1) is 14.4. The third-order valence-electron chi connectivity index (χ3n) is 5.18. The normalized spacial score (nSPS) is 25.7. The summed E-state index contributed by atoms with van der Waals surface area (Å²) in [5.74, 6) is 2.47. The van der Waals surface area contributed by atoms with Crippen LogP contribution in [-0.4, -0.2) is 38.9 Å². The second kappa shape index (κ2) is 5.80. The maximum Gasteiger partial charge on any atom is 0.226 e. The molecule has 0 unspecified atom stereocenters. The zero-order chi connectivity index (χ0) is 15.8. The van der Waals surface area contributed by atoms with Gasteiger partial charge in [-0.3, -0.25) is 9.78 Å². The molecule has 1 fully saturated rings. The Kier molecular flexibility index (Phi) is 3.63. The number of fused-ring (bicyclic) bond motifs is 1. The molecule has 0 aromatic carbocycles. The van der Waals surface area contributed by atoms with Crippen LogP contribution in [0.2, 0.25) is 0 Å². The van der Waals surface area contributed by atoms with Crippen molar-refractivity contribution in [1.82, 2.24) is 19.4 Å². The molecular formula is C18H22N4O. The highest BCUT2D eigenvalue weighted by molar-refractivity contribution is 5.82. The van der Waals surface area contributed by atoms with Crippen molar-refractivity contribution in [2.24, 2.45) is 11.8 Å². The van der Waals surface area contributed by atoms with Gasteiger partial charge in [0.2, 0.25) is 5.91 Å². The van der Waals surface area contributed by atoms with E-state index in [4.69, 9.17) is 0 Å². The minimum atomic E-state index is 0.148. The fourth-order valence-corrected chi connectivity index (χ4v) is 3.76. The van der Waals surface area contributed by atoms with Crippen molar-refractivity contribution in [1.29, 1.82) is 0 Å². The Balaban J connectivity index is 1.33. The van der Waals surface area contributed by atoms with Gasteiger partial charge in [0, 0.05) is 57.3 Å². The summed E-state index contributed by atoms with van der Waals surface area (Å²) in [6.45, 7) is 1.85. The van der Waals surface area contributed by atoms with E-state index in [0.29, 0.717) is 11.8 Å². The molecule has 2 aliphatic rings. The molecule has 0 bridgehead atoms. The number of pyridine rings is 1. The number of nitrogens with zero attached hydrogens (tertiary/aromatic N) is 4. The second-order valence-electron chi connectivity index (χ2n) is 6.85. The average molecular weight is 310 g/mol. The quantitative estimate of drug-likeness (QED) is 0.869. The van der Waals surface area contributed by atoms with Crippen molar-refractivity contribution in [2.45, 2.75) is 31.7 Å². The van der Waals surface area contributed by atoms with Gasteiger partial charge in [0.05, 0.1) is 0 Å². The third kappa shape index (κ3) is 2.87. The number of amides is 1. The molecule has 1 aliphatic heterocycles. The van der Waals surface area contributed by atoms with Crippen LogP contribution in [0.3, 0.4) is 0 Å². The predicted molar refractivity (Wildman–Crippen MR) is 86.8 cm³/mol. The lowest BCUT2D eigenvalue weighted by atomic mass is 9.97. The smallest absolute Gasteiger partial charge is 0.226 e. The van der Waals surface area contributed by atoms with Gasteiger partial charge in [0.15, 0.2) is 0 Å². The van der Waals surface area contributed by atoms with Gasteiger partial charge in [-0.05, 0) is 36.3 Å². The van der Waals surface area contributed by atoms with E-state index in [9.17, 15) is 4.79 Å². The molecule has 5 heteroatoms. The van der Waals surface area contributed by atoms with Gasteiger partial charge in [0.25, 0.3) is 0 Å². The molecule has 23 heavy (non-hydrogen) atoms. The van der Waals surface area contributed by atoms with E-state index in [1.165, 1.54) is 5.56 Å². The standard InChI is InChI=1S/C18H22N4O/c1-21(12-13-4-7-22-8-6-20-17(22)9-13)18(23)16-10-15(16)14-3-2-5-19-11-14/h2-3,5-6,8,11,13,15-16H,4,7,9-10,12H2,1H3/t13-,15-,16+/m1/s1. The average Bonchev–Trinajstić information content (AvgIpc) is 3.25. The van der Waals surface area contributed by atoms with E-state index in [2.05, 4.69) is 20.6 Å². The van der Waals surface area contributed by atoms with Crippen LogP contribution < -0.4 is 0 Å². The monoisotopic (exact) mass is 310 g/mol. The van der Waals surface area contributed by atoms with E-state index in [1.54, 1.807) is 6.20 Å². The van der Waals surface area contributed by atoms with Crippen molar-refractivity contribution in [3.8, 4) is 0 Å². The Hall–Kier alpha value is -2.17. The molecule has 2 aromatic rings. The first-order chi connectivity index (χ1) is 11.2. The largest absolute Gasteiger partial charge is 0.345 e. The van der Waals surface area contributed by atoms with Crippen LogP contribution in [0.5, 0.6) is 0 Å². The van der Waals surface area contributed by atoms with E-state index >= 15 is 0 Å². The van der Waals surface area contributed by atoms with Crippen molar-refractivity contribution in [3.05, 3.63) is 48.3 Å². The summed E-state index contributed by atoms with van der Waals surface area (Å²) >= 11 is 0. The molecule has 0 spiro atoms. The van der Waals surface area contributed by atoms with Crippen LogP contribution in [0.4, 0.5) is 0 Å². The van der Waals surface area contributed by atoms with Gasteiger partial charge >= 0.3 is 0 Å². The summed E-state index contributed by atoms with van der Waals surface area (Å²) in [6.07, 6.45) is 10.6. The second-order valence-corrected chi connectivity index (χ2v) is 6.85. The number of imidazole rings is 1. The van der Waals surface area contributed by atoms with Crippen LogP contribution in [-0.2, 0) is 17.8 Å². The molecule has 2 aromatic heterocycles. The van der Waals surface area contributed by atoms with Crippen LogP contribution >= 0.6 is 0 Å². The highest BCUT2D eigenvalue weighted by Crippen LogP contribution is 2.48. The molecule has 1 aliphatic carbocycles. The molecule has 4 rings (SSSR count). The minimum absolute atomic E-state index is 0.148. The van der Waals surface area contributed by atoms with Crippen molar-refractivity contribution in [2.75, 3.05) is 13.6 Å². The van der Waals surface area contributed by atoms with E-state index in [-0.39, 0.29) is 11.8 Å². The Morgan fingerprint density at radius 1 is 1.43 bits per heavy atom. The lowest BCUT2D eigenvalue weighted by Gasteiger charge is -2.28. The number of carbonyl (C=O) groups excluding carboxylic acids is 1. The summed E-state index contributed by atoms with van der Waals surface area (Å²) in [4.78, 5) is 23.1. The molecule has 3 heterocycles. The molecule has 1 saturated carbocycles. The van der Waals surface area contributed by atoms with Crippen molar-refractivity contribution >= 4 is 5.91 Å². The maximum absolute atomic E-state index is 12.6. The number of rotatable bonds is 4. The Labute approximate surface area is 136 Å².